The van der Waals surface area contributed by atoms with E-state index in [9.17, 15) is 9.59 Å². The monoisotopic (exact) mass is 416 g/mol. The van der Waals surface area contributed by atoms with Gasteiger partial charge in [-0.2, -0.15) is 0 Å². The Kier molecular flexibility index (Phi) is 7.82. The molecule has 0 bridgehead atoms. The third-order valence-corrected chi connectivity index (χ3v) is 5.19. The molecule has 160 valence electrons. The number of ether oxygens (including phenoxy) is 1. The summed E-state index contributed by atoms with van der Waals surface area (Å²) in [5, 5.41) is 5.78. The third kappa shape index (κ3) is 6.44. The SMILES string of the molecule is CC[C@H](C)[C@H](NC(=O)c1ccccc1)C(=O)Nc1ccc(OCc2ccccc2)cc1. The highest BCUT2D eigenvalue weighted by Gasteiger charge is 2.26. The van der Waals surface area contributed by atoms with Crippen molar-refractivity contribution in [3.8, 4) is 5.75 Å². The fraction of sp³-hybridized carbons (Fsp3) is 0.231. The number of benzene rings is 3. The molecule has 0 aliphatic carbocycles. The number of anilines is 1. The van der Waals surface area contributed by atoms with E-state index in [-0.39, 0.29) is 17.7 Å². The molecule has 31 heavy (non-hydrogen) atoms. The lowest BCUT2D eigenvalue weighted by molar-refractivity contribution is -0.119. The molecule has 3 rings (SSSR count). The molecule has 3 aromatic rings. The molecule has 2 amide bonds. The van der Waals surface area contributed by atoms with Gasteiger partial charge in [-0.1, -0.05) is 68.8 Å². The number of nitrogens with one attached hydrogen (secondary N) is 2. The zero-order valence-electron chi connectivity index (χ0n) is 17.9. The summed E-state index contributed by atoms with van der Waals surface area (Å²) in [5.41, 5.74) is 2.27. The number of carbonyl (C=O) groups excluding carboxylic acids is 2. The average Bonchev–Trinajstić information content (AvgIpc) is 2.82. The summed E-state index contributed by atoms with van der Waals surface area (Å²) in [4.78, 5) is 25.5. The van der Waals surface area contributed by atoms with Gasteiger partial charge < -0.3 is 15.4 Å². The molecular weight excluding hydrogens is 388 g/mol. The summed E-state index contributed by atoms with van der Waals surface area (Å²) in [7, 11) is 0. The number of carbonyl (C=O) groups is 2. The predicted octanol–water partition coefficient (Wildman–Crippen LogP) is 5.05. The van der Waals surface area contributed by atoms with Crippen molar-refractivity contribution in [2.45, 2.75) is 32.9 Å². The Balaban J connectivity index is 1.60. The standard InChI is InChI=1S/C26H28N2O3/c1-3-19(2)24(28-25(29)21-12-8-5-9-13-21)26(30)27-22-14-16-23(17-15-22)31-18-20-10-6-4-7-11-20/h4-17,19,24H,3,18H2,1-2H3,(H,27,30)(H,28,29)/t19-,24-/m0/s1. The van der Waals surface area contributed by atoms with Crippen LogP contribution in [0.3, 0.4) is 0 Å². The molecule has 2 atom stereocenters. The van der Waals surface area contributed by atoms with Crippen molar-refractivity contribution in [1.82, 2.24) is 5.32 Å². The Labute approximate surface area is 183 Å². The maximum Gasteiger partial charge on any atom is 0.251 e. The second-order valence-electron chi connectivity index (χ2n) is 7.49. The topological polar surface area (TPSA) is 67.4 Å². The highest BCUT2D eigenvalue weighted by Crippen LogP contribution is 2.18. The van der Waals surface area contributed by atoms with Gasteiger partial charge in [0.15, 0.2) is 0 Å². The van der Waals surface area contributed by atoms with Crippen LogP contribution in [0.1, 0.15) is 36.2 Å². The van der Waals surface area contributed by atoms with Gasteiger partial charge in [-0.05, 0) is 47.9 Å². The predicted molar refractivity (Wildman–Crippen MR) is 123 cm³/mol. The molecule has 0 aromatic heterocycles. The second-order valence-corrected chi connectivity index (χ2v) is 7.49. The van der Waals surface area contributed by atoms with Crippen LogP contribution in [0.4, 0.5) is 5.69 Å². The van der Waals surface area contributed by atoms with Crippen LogP contribution in [0.25, 0.3) is 0 Å². The van der Waals surface area contributed by atoms with Gasteiger partial charge in [0.05, 0.1) is 0 Å². The van der Waals surface area contributed by atoms with Crippen molar-refractivity contribution in [2.75, 3.05) is 5.32 Å². The Morgan fingerprint density at radius 2 is 1.48 bits per heavy atom. The Hall–Kier alpha value is -3.60. The molecule has 0 saturated heterocycles. The zero-order chi connectivity index (χ0) is 22.1. The molecule has 2 N–H and O–H groups in total. The normalized spacial score (nSPS) is 12.5. The molecule has 0 aliphatic rings. The summed E-state index contributed by atoms with van der Waals surface area (Å²) >= 11 is 0. The van der Waals surface area contributed by atoms with Gasteiger partial charge in [0, 0.05) is 11.3 Å². The van der Waals surface area contributed by atoms with E-state index in [2.05, 4.69) is 10.6 Å². The summed E-state index contributed by atoms with van der Waals surface area (Å²) in [6.07, 6.45) is 0.763. The Morgan fingerprint density at radius 3 is 2.10 bits per heavy atom. The molecule has 0 radical (unpaired) electrons. The van der Waals surface area contributed by atoms with Crippen LogP contribution in [0.2, 0.25) is 0 Å². The summed E-state index contributed by atoms with van der Waals surface area (Å²) in [6.45, 7) is 4.43. The number of hydrogen-bond acceptors (Lipinski definition) is 3. The minimum Gasteiger partial charge on any atom is -0.489 e. The van der Waals surface area contributed by atoms with Gasteiger partial charge in [-0.25, -0.2) is 0 Å². The first-order chi connectivity index (χ1) is 15.1. The van der Waals surface area contributed by atoms with Crippen LogP contribution in [0.15, 0.2) is 84.9 Å². The van der Waals surface area contributed by atoms with Crippen LogP contribution < -0.4 is 15.4 Å². The third-order valence-electron chi connectivity index (χ3n) is 5.19. The molecule has 0 spiro atoms. The van der Waals surface area contributed by atoms with Gasteiger partial charge in [-0.15, -0.1) is 0 Å². The van der Waals surface area contributed by atoms with Crippen molar-refractivity contribution < 1.29 is 14.3 Å². The van der Waals surface area contributed by atoms with E-state index in [0.717, 1.165) is 17.7 Å². The molecule has 3 aromatic carbocycles. The van der Waals surface area contributed by atoms with Crippen molar-refractivity contribution in [3.05, 3.63) is 96.1 Å². The number of hydrogen-bond donors (Lipinski definition) is 2. The fourth-order valence-corrected chi connectivity index (χ4v) is 3.11. The minimum absolute atomic E-state index is 0.0128. The van der Waals surface area contributed by atoms with Crippen LogP contribution in [0.5, 0.6) is 5.75 Å². The van der Waals surface area contributed by atoms with Crippen molar-refractivity contribution in [2.24, 2.45) is 5.92 Å². The largest absolute Gasteiger partial charge is 0.489 e. The van der Waals surface area contributed by atoms with E-state index in [1.54, 1.807) is 36.4 Å². The Morgan fingerprint density at radius 1 is 0.871 bits per heavy atom. The number of rotatable bonds is 9. The Bertz CT molecular complexity index is 973. The first kappa shape index (κ1) is 22.1. The van der Waals surface area contributed by atoms with E-state index in [1.807, 2.05) is 62.4 Å². The first-order valence-corrected chi connectivity index (χ1v) is 10.5. The van der Waals surface area contributed by atoms with Crippen LogP contribution >= 0.6 is 0 Å². The van der Waals surface area contributed by atoms with Gasteiger partial charge in [-0.3, -0.25) is 9.59 Å². The van der Waals surface area contributed by atoms with Gasteiger partial charge in [0.25, 0.3) is 5.91 Å². The summed E-state index contributed by atoms with van der Waals surface area (Å²) in [6, 6.07) is 25.4. The highest BCUT2D eigenvalue weighted by atomic mass is 16.5. The van der Waals surface area contributed by atoms with Gasteiger partial charge >= 0.3 is 0 Å². The van der Waals surface area contributed by atoms with Crippen molar-refractivity contribution in [3.63, 3.8) is 0 Å². The molecule has 0 heterocycles. The molecule has 0 aliphatic heterocycles. The highest BCUT2D eigenvalue weighted by molar-refractivity contribution is 6.01. The molecule has 5 heteroatoms. The maximum atomic E-state index is 12.9. The van der Waals surface area contributed by atoms with Gasteiger partial charge in [0.1, 0.15) is 18.4 Å². The molecular formula is C26H28N2O3. The second kappa shape index (κ2) is 11.0. The van der Waals surface area contributed by atoms with E-state index in [4.69, 9.17) is 4.74 Å². The maximum absolute atomic E-state index is 12.9. The fourth-order valence-electron chi connectivity index (χ4n) is 3.11. The molecule has 0 saturated carbocycles. The first-order valence-electron chi connectivity index (χ1n) is 10.5. The van der Waals surface area contributed by atoms with Crippen LogP contribution in [0, 0.1) is 5.92 Å². The quantitative estimate of drug-likeness (QED) is 0.513. The van der Waals surface area contributed by atoms with Crippen LogP contribution in [-0.4, -0.2) is 17.9 Å². The van der Waals surface area contributed by atoms with E-state index < -0.39 is 6.04 Å². The number of amides is 2. The van der Waals surface area contributed by atoms with E-state index in [0.29, 0.717) is 17.9 Å². The lowest BCUT2D eigenvalue weighted by Crippen LogP contribution is -2.47. The minimum atomic E-state index is -0.633. The smallest absolute Gasteiger partial charge is 0.251 e. The lowest BCUT2D eigenvalue weighted by atomic mass is 9.97. The van der Waals surface area contributed by atoms with E-state index >= 15 is 0 Å². The zero-order valence-corrected chi connectivity index (χ0v) is 17.9. The molecule has 0 fully saturated rings. The van der Waals surface area contributed by atoms with Crippen molar-refractivity contribution >= 4 is 17.5 Å². The lowest BCUT2D eigenvalue weighted by Gasteiger charge is -2.23. The average molecular weight is 417 g/mol. The van der Waals surface area contributed by atoms with Crippen molar-refractivity contribution in [1.29, 1.82) is 0 Å². The summed E-state index contributed by atoms with van der Waals surface area (Å²) in [5.74, 6) is 0.209. The summed E-state index contributed by atoms with van der Waals surface area (Å²) < 4.78 is 5.79. The molecule has 5 nitrogen and oxygen atoms in total. The van der Waals surface area contributed by atoms with Crippen LogP contribution in [-0.2, 0) is 11.4 Å². The molecule has 0 unspecified atom stereocenters. The van der Waals surface area contributed by atoms with Gasteiger partial charge in [0.2, 0.25) is 5.91 Å². The van der Waals surface area contributed by atoms with E-state index in [1.165, 1.54) is 0 Å².